The van der Waals surface area contributed by atoms with E-state index in [1.165, 1.54) is 28.6 Å². The second-order valence-electron chi connectivity index (χ2n) is 7.33. The van der Waals surface area contributed by atoms with Gasteiger partial charge in [-0.1, -0.05) is 30.3 Å². The average Bonchev–Trinajstić information content (AvgIpc) is 3.45. The first-order valence-electron chi connectivity index (χ1n) is 9.84. The van der Waals surface area contributed by atoms with Crippen molar-refractivity contribution < 1.29 is 16.8 Å². The fourth-order valence-corrected chi connectivity index (χ4v) is 6.20. The Bertz CT molecular complexity index is 1250. The molecule has 164 valence electrons. The zero-order valence-corrected chi connectivity index (χ0v) is 18.5. The van der Waals surface area contributed by atoms with Crippen LogP contribution in [0, 0.1) is 6.92 Å². The van der Waals surface area contributed by atoms with Crippen LogP contribution < -0.4 is 4.72 Å². The van der Waals surface area contributed by atoms with Crippen molar-refractivity contribution in [2.24, 2.45) is 0 Å². The van der Waals surface area contributed by atoms with Crippen molar-refractivity contribution in [2.45, 2.75) is 35.6 Å². The highest BCUT2D eigenvalue weighted by molar-refractivity contribution is 7.89. The van der Waals surface area contributed by atoms with Crippen LogP contribution in [-0.2, 0) is 20.0 Å². The van der Waals surface area contributed by atoms with E-state index >= 15 is 0 Å². The molecule has 11 heteroatoms. The van der Waals surface area contributed by atoms with E-state index in [0.29, 0.717) is 30.3 Å². The Morgan fingerprint density at radius 3 is 2.13 bits per heavy atom. The summed E-state index contributed by atoms with van der Waals surface area (Å²) in [7, 11) is -7.59. The normalized spacial score (nSPS) is 16.4. The monoisotopic (exact) mass is 461 g/mol. The lowest BCUT2D eigenvalue weighted by Crippen LogP contribution is -2.30. The summed E-state index contributed by atoms with van der Waals surface area (Å²) in [6.45, 7) is 2.70. The number of rotatable bonds is 7. The van der Waals surface area contributed by atoms with Crippen LogP contribution in [0.1, 0.15) is 36.1 Å². The van der Waals surface area contributed by atoms with Crippen molar-refractivity contribution >= 4 is 20.0 Å². The lowest BCUT2D eigenvalue weighted by Gasteiger charge is -2.18. The smallest absolute Gasteiger partial charge is 0.243 e. The maximum absolute atomic E-state index is 13.1. The van der Waals surface area contributed by atoms with Gasteiger partial charge in [-0.05, 0) is 49.6 Å². The van der Waals surface area contributed by atoms with Crippen molar-refractivity contribution in [3.63, 3.8) is 0 Å². The largest absolute Gasteiger partial charge is 0.263 e. The molecule has 4 rings (SSSR count). The van der Waals surface area contributed by atoms with Crippen molar-refractivity contribution in [1.82, 2.24) is 24.2 Å². The summed E-state index contributed by atoms with van der Waals surface area (Å²) in [4.78, 5) is 4.32. The topological polar surface area (TPSA) is 125 Å². The number of H-pyrrole nitrogens is 1. The third kappa shape index (κ3) is 4.54. The predicted octanol–water partition coefficient (Wildman–Crippen LogP) is 1.97. The fraction of sp³-hybridized carbons (Fsp3) is 0.300. The zero-order valence-electron chi connectivity index (χ0n) is 16.9. The minimum atomic E-state index is -3.98. The van der Waals surface area contributed by atoms with Crippen molar-refractivity contribution in [3.05, 3.63) is 71.8 Å². The summed E-state index contributed by atoms with van der Waals surface area (Å²) < 4.78 is 55.6. The van der Waals surface area contributed by atoms with Crippen LogP contribution in [0.2, 0.25) is 0 Å². The van der Waals surface area contributed by atoms with Gasteiger partial charge in [0.25, 0.3) is 0 Å². The van der Waals surface area contributed by atoms with E-state index in [1.54, 1.807) is 31.2 Å². The molecule has 31 heavy (non-hydrogen) atoms. The number of nitrogens with zero attached hydrogens (tertiary/aromatic N) is 3. The van der Waals surface area contributed by atoms with E-state index in [9.17, 15) is 16.8 Å². The number of aryl methyl sites for hydroxylation is 1. The Balaban J connectivity index is 1.62. The minimum absolute atomic E-state index is 0.0407. The molecule has 2 aromatic carbocycles. The number of hydrogen-bond donors (Lipinski definition) is 2. The molecule has 0 spiro atoms. The molecule has 1 fully saturated rings. The maximum Gasteiger partial charge on any atom is 0.243 e. The standard InChI is InChI=1S/C20H23N5O4S2/c1-15-21-20(23-22-15)19(16-7-3-2-4-8-16)24-30(26,27)17-9-11-18(12-10-17)31(28,29)25-13-5-6-14-25/h2-4,7-12,19,24H,5-6,13-14H2,1H3,(H,21,22,23). The molecule has 0 saturated carbocycles. The summed E-state index contributed by atoms with van der Waals surface area (Å²) in [6.07, 6.45) is 1.66. The Labute approximate surface area is 181 Å². The molecule has 0 amide bonds. The molecule has 2 N–H and O–H groups in total. The maximum atomic E-state index is 13.1. The molecule has 9 nitrogen and oxygen atoms in total. The Morgan fingerprint density at radius 2 is 1.55 bits per heavy atom. The summed E-state index contributed by atoms with van der Waals surface area (Å²) in [5.41, 5.74) is 0.679. The summed E-state index contributed by atoms with van der Waals surface area (Å²) in [6, 6.07) is 13.5. The van der Waals surface area contributed by atoms with E-state index < -0.39 is 26.1 Å². The predicted molar refractivity (Wildman–Crippen MR) is 114 cm³/mol. The molecule has 1 aliphatic heterocycles. The van der Waals surface area contributed by atoms with Crippen LogP contribution in [0.5, 0.6) is 0 Å². The van der Waals surface area contributed by atoms with Gasteiger partial charge in [-0.2, -0.15) is 14.1 Å². The number of sulfonamides is 2. The summed E-state index contributed by atoms with van der Waals surface area (Å²) in [5, 5.41) is 6.84. The number of aromatic nitrogens is 3. The SMILES string of the molecule is Cc1nc(C(NS(=O)(=O)c2ccc(S(=O)(=O)N3CCCC3)cc2)c2ccccc2)n[nH]1. The third-order valence-electron chi connectivity index (χ3n) is 5.12. The molecule has 1 saturated heterocycles. The quantitative estimate of drug-likeness (QED) is 0.554. The van der Waals surface area contributed by atoms with Gasteiger partial charge >= 0.3 is 0 Å². The number of aromatic amines is 1. The summed E-state index contributed by atoms with van der Waals surface area (Å²) in [5.74, 6) is 0.854. The molecule has 1 unspecified atom stereocenters. The molecule has 0 aliphatic carbocycles. The molecule has 3 aromatic rings. The van der Waals surface area contributed by atoms with E-state index in [-0.39, 0.29) is 9.79 Å². The van der Waals surface area contributed by atoms with Gasteiger partial charge in [0.05, 0.1) is 9.79 Å². The first-order chi connectivity index (χ1) is 14.8. The molecule has 1 aromatic heterocycles. The Morgan fingerprint density at radius 1 is 0.935 bits per heavy atom. The van der Waals surface area contributed by atoms with Gasteiger partial charge in [0.1, 0.15) is 11.9 Å². The van der Waals surface area contributed by atoms with Crippen LogP contribution in [0.25, 0.3) is 0 Å². The highest BCUT2D eigenvalue weighted by Gasteiger charge is 2.29. The molecule has 0 radical (unpaired) electrons. The number of nitrogens with one attached hydrogen (secondary N) is 2. The van der Waals surface area contributed by atoms with Crippen LogP contribution in [0.4, 0.5) is 0 Å². The highest BCUT2D eigenvalue weighted by atomic mass is 32.2. The van der Waals surface area contributed by atoms with Crippen molar-refractivity contribution in [3.8, 4) is 0 Å². The van der Waals surface area contributed by atoms with Crippen LogP contribution >= 0.6 is 0 Å². The van der Waals surface area contributed by atoms with Gasteiger partial charge in [0, 0.05) is 13.1 Å². The van der Waals surface area contributed by atoms with Gasteiger partial charge in [-0.15, -0.1) is 0 Å². The van der Waals surface area contributed by atoms with Crippen molar-refractivity contribution in [1.29, 1.82) is 0 Å². The van der Waals surface area contributed by atoms with E-state index in [4.69, 9.17) is 0 Å². The average molecular weight is 462 g/mol. The molecular formula is C20H23N5O4S2. The first-order valence-corrected chi connectivity index (χ1v) is 12.8. The Kier molecular flexibility index (Phi) is 5.93. The van der Waals surface area contributed by atoms with Crippen LogP contribution in [0.15, 0.2) is 64.4 Å². The number of hydrogen-bond acceptors (Lipinski definition) is 6. The second-order valence-corrected chi connectivity index (χ2v) is 11.0. The van der Waals surface area contributed by atoms with Crippen molar-refractivity contribution in [2.75, 3.05) is 13.1 Å². The molecule has 1 aliphatic rings. The Hall–Kier alpha value is -2.60. The van der Waals surface area contributed by atoms with E-state index in [0.717, 1.165) is 12.8 Å². The third-order valence-corrected chi connectivity index (χ3v) is 8.47. The summed E-state index contributed by atoms with van der Waals surface area (Å²) >= 11 is 0. The van der Waals surface area contributed by atoms with E-state index in [2.05, 4.69) is 19.9 Å². The number of benzene rings is 2. The van der Waals surface area contributed by atoms with Gasteiger partial charge in [-0.25, -0.2) is 21.8 Å². The van der Waals surface area contributed by atoms with Crippen LogP contribution in [-0.4, -0.2) is 49.4 Å². The first kappa shape index (κ1) is 21.6. The van der Waals surface area contributed by atoms with Gasteiger partial charge in [0.15, 0.2) is 5.82 Å². The minimum Gasteiger partial charge on any atom is -0.263 e. The van der Waals surface area contributed by atoms with E-state index in [1.807, 2.05) is 6.07 Å². The molecular weight excluding hydrogens is 438 g/mol. The van der Waals surface area contributed by atoms with Gasteiger partial charge in [0.2, 0.25) is 20.0 Å². The zero-order chi connectivity index (χ0) is 22.1. The lowest BCUT2D eigenvalue weighted by atomic mass is 10.1. The second kappa shape index (κ2) is 8.50. The van der Waals surface area contributed by atoms with Gasteiger partial charge < -0.3 is 0 Å². The molecule has 1 atom stereocenters. The molecule has 2 heterocycles. The lowest BCUT2D eigenvalue weighted by molar-refractivity contribution is 0.477. The van der Waals surface area contributed by atoms with Gasteiger partial charge in [-0.3, -0.25) is 5.10 Å². The fourth-order valence-electron chi connectivity index (χ4n) is 3.50. The van der Waals surface area contributed by atoms with Crippen LogP contribution in [0.3, 0.4) is 0 Å². The highest BCUT2D eigenvalue weighted by Crippen LogP contribution is 2.25. The molecule has 0 bridgehead atoms.